The summed E-state index contributed by atoms with van der Waals surface area (Å²) in [4.78, 5) is 9.43. The molecule has 0 unspecified atom stereocenters. The van der Waals surface area contributed by atoms with E-state index in [4.69, 9.17) is 5.73 Å². The molecule has 1 aliphatic rings. The molecular weight excluding hydrogens is 270 g/mol. The predicted molar refractivity (Wildman–Crippen MR) is 83.1 cm³/mol. The van der Waals surface area contributed by atoms with E-state index in [2.05, 4.69) is 39.1 Å². The third kappa shape index (κ3) is 2.71. The van der Waals surface area contributed by atoms with Gasteiger partial charge in [0.1, 0.15) is 0 Å². The first kappa shape index (κ1) is 13.6. The summed E-state index contributed by atoms with van der Waals surface area (Å²) in [5.41, 5.74) is 5.73. The first-order valence-electron chi connectivity index (χ1n) is 7.26. The molecule has 1 aliphatic heterocycles. The summed E-state index contributed by atoms with van der Waals surface area (Å²) in [6.07, 6.45) is 3.34. The zero-order valence-electron chi connectivity index (χ0n) is 11.8. The van der Waals surface area contributed by atoms with E-state index in [1.165, 1.54) is 4.88 Å². The number of nitrogens with two attached hydrogens (primary N) is 1. The Bertz CT molecular complexity index is 553. The molecule has 20 heavy (non-hydrogen) atoms. The van der Waals surface area contributed by atoms with Crippen molar-refractivity contribution in [1.29, 1.82) is 0 Å². The standard InChI is InChI=1S/C14H21N5S/c1-2-11-3-4-12(20-11)13-16-14(18-17-13)19-7-5-10(9-15)6-8-19/h3-4,10H,2,5-9,15H2,1H3,(H,16,17,18). The van der Waals surface area contributed by atoms with Gasteiger partial charge in [-0.2, -0.15) is 4.98 Å². The minimum absolute atomic E-state index is 0.661. The molecule has 0 aliphatic carbocycles. The largest absolute Gasteiger partial charge is 0.340 e. The Balaban J connectivity index is 1.70. The van der Waals surface area contributed by atoms with Gasteiger partial charge in [0.15, 0.2) is 5.82 Å². The molecule has 3 rings (SSSR count). The number of piperidine rings is 1. The van der Waals surface area contributed by atoms with Crippen molar-refractivity contribution in [3.8, 4) is 10.7 Å². The lowest BCUT2D eigenvalue weighted by molar-refractivity contribution is 0.411. The molecule has 6 heteroatoms. The summed E-state index contributed by atoms with van der Waals surface area (Å²) in [7, 11) is 0. The van der Waals surface area contributed by atoms with Crippen LogP contribution in [0, 0.1) is 5.92 Å². The van der Waals surface area contributed by atoms with Gasteiger partial charge in [-0.15, -0.1) is 16.4 Å². The van der Waals surface area contributed by atoms with E-state index in [1.54, 1.807) is 11.3 Å². The molecule has 108 valence electrons. The molecular formula is C14H21N5S. The Hall–Kier alpha value is -1.40. The average Bonchev–Trinajstić information content (AvgIpc) is 3.16. The van der Waals surface area contributed by atoms with Crippen LogP contribution in [-0.4, -0.2) is 34.8 Å². The van der Waals surface area contributed by atoms with Crippen molar-refractivity contribution < 1.29 is 0 Å². The normalized spacial score (nSPS) is 16.8. The van der Waals surface area contributed by atoms with Gasteiger partial charge in [0, 0.05) is 18.0 Å². The maximum atomic E-state index is 5.73. The molecule has 3 heterocycles. The third-order valence-electron chi connectivity index (χ3n) is 3.95. The van der Waals surface area contributed by atoms with Crippen LogP contribution in [0.15, 0.2) is 12.1 Å². The summed E-state index contributed by atoms with van der Waals surface area (Å²) in [6.45, 7) is 4.97. The Morgan fingerprint density at radius 3 is 2.85 bits per heavy atom. The molecule has 0 saturated carbocycles. The second-order valence-electron chi connectivity index (χ2n) is 5.27. The first-order chi connectivity index (χ1) is 9.80. The second kappa shape index (κ2) is 5.93. The van der Waals surface area contributed by atoms with Crippen LogP contribution in [0.1, 0.15) is 24.6 Å². The van der Waals surface area contributed by atoms with Crippen molar-refractivity contribution >= 4 is 17.3 Å². The summed E-state index contributed by atoms with van der Waals surface area (Å²) in [5.74, 6) is 2.36. The number of aryl methyl sites for hydroxylation is 1. The van der Waals surface area contributed by atoms with Crippen molar-refractivity contribution in [3.05, 3.63) is 17.0 Å². The number of thiophene rings is 1. The van der Waals surface area contributed by atoms with Gasteiger partial charge in [0.2, 0.25) is 5.95 Å². The fourth-order valence-electron chi connectivity index (χ4n) is 2.57. The SMILES string of the molecule is CCc1ccc(-c2nc(N3CCC(CN)CC3)n[nH]2)s1. The zero-order valence-corrected chi connectivity index (χ0v) is 12.6. The molecule has 0 bridgehead atoms. The van der Waals surface area contributed by atoms with Gasteiger partial charge in [-0.25, -0.2) is 0 Å². The highest BCUT2D eigenvalue weighted by Crippen LogP contribution is 2.27. The topological polar surface area (TPSA) is 70.8 Å². The highest BCUT2D eigenvalue weighted by molar-refractivity contribution is 7.15. The van der Waals surface area contributed by atoms with Crippen LogP contribution < -0.4 is 10.6 Å². The van der Waals surface area contributed by atoms with Crippen LogP contribution in [0.3, 0.4) is 0 Å². The lowest BCUT2D eigenvalue weighted by Gasteiger charge is -2.30. The van der Waals surface area contributed by atoms with Gasteiger partial charge in [-0.1, -0.05) is 6.92 Å². The number of aromatic nitrogens is 3. The molecule has 3 N–H and O–H groups in total. The monoisotopic (exact) mass is 291 g/mol. The molecule has 5 nitrogen and oxygen atoms in total. The highest BCUT2D eigenvalue weighted by atomic mass is 32.1. The first-order valence-corrected chi connectivity index (χ1v) is 8.08. The van der Waals surface area contributed by atoms with E-state index in [9.17, 15) is 0 Å². The van der Waals surface area contributed by atoms with Crippen LogP contribution >= 0.6 is 11.3 Å². The fraction of sp³-hybridized carbons (Fsp3) is 0.571. The van der Waals surface area contributed by atoms with Crippen molar-refractivity contribution in [2.75, 3.05) is 24.5 Å². The molecule has 0 amide bonds. The smallest absolute Gasteiger partial charge is 0.245 e. The number of hydrogen-bond acceptors (Lipinski definition) is 5. The molecule has 0 aromatic carbocycles. The van der Waals surface area contributed by atoms with Crippen LogP contribution in [0.2, 0.25) is 0 Å². The Labute approximate surface area is 123 Å². The van der Waals surface area contributed by atoms with E-state index in [0.717, 1.165) is 55.5 Å². The Morgan fingerprint density at radius 2 is 2.20 bits per heavy atom. The number of nitrogens with zero attached hydrogens (tertiary/aromatic N) is 3. The molecule has 2 aromatic heterocycles. The molecule has 1 saturated heterocycles. The van der Waals surface area contributed by atoms with Crippen LogP contribution in [-0.2, 0) is 6.42 Å². The number of anilines is 1. The van der Waals surface area contributed by atoms with Gasteiger partial charge in [-0.3, -0.25) is 5.10 Å². The number of hydrogen-bond donors (Lipinski definition) is 2. The quantitative estimate of drug-likeness (QED) is 0.906. The lowest BCUT2D eigenvalue weighted by Crippen LogP contribution is -2.36. The second-order valence-corrected chi connectivity index (χ2v) is 6.44. The van der Waals surface area contributed by atoms with E-state index in [-0.39, 0.29) is 0 Å². The van der Waals surface area contributed by atoms with Gasteiger partial charge >= 0.3 is 0 Å². The fourth-order valence-corrected chi connectivity index (χ4v) is 3.46. The van der Waals surface area contributed by atoms with Gasteiger partial charge < -0.3 is 10.6 Å². The molecule has 1 fully saturated rings. The minimum Gasteiger partial charge on any atom is -0.340 e. The number of nitrogens with one attached hydrogen (secondary N) is 1. The number of H-pyrrole nitrogens is 1. The van der Waals surface area contributed by atoms with E-state index in [1.807, 2.05) is 0 Å². The van der Waals surface area contributed by atoms with Gasteiger partial charge in [-0.05, 0) is 43.9 Å². The Kier molecular flexibility index (Phi) is 4.03. The third-order valence-corrected chi connectivity index (χ3v) is 5.18. The maximum absolute atomic E-state index is 5.73. The summed E-state index contributed by atoms with van der Waals surface area (Å²) in [5, 5.41) is 7.43. The van der Waals surface area contributed by atoms with E-state index in [0.29, 0.717) is 5.92 Å². The van der Waals surface area contributed by atoms with Crippen LogP contribution in [0.4, 0.5) is 5.95 Å². The van der Waals surface area contributed by atoms with Crippen molar-refractivity contribution in [1.82, 2.24) is 15.2 Å². The van der Waals surface area contributed by atoms with Gasteiger partial charge in [0.05, 0.1) is 4.88 Å². The predicted octanol–water partition coefficient (Wildman–Crippen LogP) is 2.27. The van der Waals surface area contributed by atoms with Gasteiger partial charge in [0.25, 0.3) is 0 Å². The molecule has 0 spiro atoms. The minimum atomic E-state index is 0.661. The summed E-state index contributed by atoms with van der Waals surface area (Å²) >= 11 is 1.78. The average molecular weight is 291 g/mol. The Morgan fingerprint density at radius 1 is 1.40 bits per heavy atom. The highest BCUT2D eigenvalue weighted by Gasteiger charge is 2.21. The number of rotatable bonds is 4. The van der Waals surface area contributed by atoms with Crippen molar-refractivity contribution in [2.45, 2.75) is 26.2 Å². The van der Waals surface area contributed by atoms with Crippen LogP contribution in [0.5, 0.6) is 0 Å². The molecule has 2 aromatic rings. The van der Waals surface area contributed by atoms with Crippen molar-refractivity contribution in [2.24, 2.45) is 11.7 Å². The van der Waals surface area contributed by atoms with E-state index < -0.39 is 0 Å². The number of aromatic amines is 1. The van der Waals surface area contributed by atoms with Crippen LogP contribution in [0.25, 0.3) is 10.7 Å². The summed E-state index contributed by atoms with van der Waals surface area (Å²) in [6, 6.07) is 4.28. The maximum Gasteiger partial charge on any atom is 0.245 e. The molecule has 0 atom stereocenters. The van der Waals surface area contributed by atoms with E-state index >= 15 is 0 Å². The molecule has 0 radical (unpaired) electrons. The van der Waals surface area contributed by atoms with Crippen molar-refractivity contribution in [3.63, 3.8) is 0 Å². The lowest BCUT2D eigenvalue weighted by atomic mass is 9.97. The zero-order chi connectivity index (χ0) is 13.9. The summed E-state index contributed by atoms with van der Waals surface area (Å²) < 4.78 is 0.